The SMILES string of the molecule is CON=c1oc2cc(N3C[C@H](C(N)=O)OC3=O)cc(F)c2n1C(C)(C)C. The first-order valence-corrected chi connectivity index (χ1v) is 7.83. The molecular formula is C16H19FN4O5. The van der Waals surface area contributed by atoms with Crippen LogP contribution in [0, 0.1) is 5.82 Å². The van der Waals surface area contributed by atoms with Crippen LogP contribution in [0.25, 0.3) is 11.1 Å². The number of rotatable bonds is 3. The molecule has 2 heterocycles. The van der Waals surface area contributed by atoms with Gasteiger partial charge in [-0.15, -0.1) is 0 Å². The third-order valence-electron chi connectivity index (χ3n) is 3.91. The fourth-order valence-corrected chi connectivity index (χ4v) is 2.83. The van der Waals surface area contributed by atoms with Crippen molar-refractivity contribution in [2.75, 3.05) is 18.6 Å². The van der Waals surface area contributed by atoms with Crippen molar-refractivity contribution < 1.29 is 28.0 Å². The van der Waals surface area contributed by atoms with Crippen LogP contribution in [0.15, 0.2) is 21.7 Å². The summed E-state index contributed by atoms with van der Waals surface area (Å²) < 4.78 is 26.9. The van der Waals surface area contributed by atoms with E-state index in [1.807, 2.05) is 20.8 Å². The first-order valence-electron chi connectivity index (χ1n) is 7.83. The van der Waals surface area contributed by atoms with E-state index in [1.54, 1.807) is 4.57 Å². The van der Waals surface area contributed by atoms with E-state index in [0.717, 1.165) is 4.90 Å². The molecule has 2 amide bonds. The Morgan fingerprint density at radius 3 is 2.65 bits per heavy atom. The van der Waals surface area contributed by atoms with Gasteiger partial charge in [-0.05, 0) is 25.9 Å². The number of benzene rings is 1. The molecule has 3 rings (SSSR count). The van der Waals surface area contributed by atoms with E-state index in [0.29, 0.717) is 0 Å². The summed E-state index contributed by atoms with van der Waals surface area (Å²) in [4.78, 5) is 29.1. The van der Waals surface area contributed by atoms with Crippen molar-refractivity contribution >= 4 is 28.8 Å². The van der Waals surface area contributed by atoms with Crippen molar-refractivity contribution in [3.63, 3.8) is 0 Å². The number of anilines is 1. The predicted molar refractivity (Wildman–Crippen MR) is 88.5 cm³/mol. The molecular weight excluding hydrogens is 347 g/mol. The van der Waals surface area contributed by atoms with Crippen molar-refractivity contribution in [1.29, 1.82) is 0 Å². The second kappa shape index (κ2) is 6.04. The van der Waals surface area contributed by atoms with Gasteiger partial charge in [0.05, 0.1) is 12.2 Å². The van der Waals surface area contributed by atoms with Gasteiger partial charge in [-0.2, -0.15) is 0 Å². The van der Waals surface area contributed by atoms with E-state index >= 15 is 0 Å². The number of nitrogens with two attached hydrogens (primary N) is 1. The minimum absolute atomic E-state index is 0.0741. The summed E-state index contributed by atoms with van der Waals surface area (Å²) >= 11 is 0. The third kappa shape index (κ3) is 2.87. The molecule has 0 aliphatic carbocycles. The maximum atomic E-state index is 14.9. The van der Waals surface area contributed by atoms with Gasteiger partial charge in [0.15, 0.2) is 17.5 Å². The standard InChI is InChI=1S/C16H19FN4O5/c1-16(2,3)21-12-9(17)5-8(6-10(12)25-14(21)19-24-4)20-7-11(13(18)22)26-15(20)23/h5-6,11H,7H2,1-4H3,(H2,18,22)/t11-/m1/s1. The van der Waals surface area contributed by atoms with Crippen LogP contribution in [-0.4, -0.2) is 36.3 Å². The molecule has 2 aromatic rings. The molecule has 0 bridgehead atoms. The Bertz CT molecular complexity index is 956. The average Bonchev–Trinajstić information content (AvgIpc) is 3.08. The molecule has 1 saturated heterocycles. The Balaban J connectivity index is 2.17. The summed E-state index contributed by atoms with van der Waals surface area (Å²) in [6.07, 6.45) is -1.87. The van der Waals surface area contributed by atoms with Crippen LogP contribution >= 0.6 is 0 Å². The number of nitrogens with zero attached hydrogens (tertiary/aromatic N) is 3. The number of halogens is 1. The van der Waals surface area contributed by atoms with Gasteiger partial charge < -0.3 is 19.7 Å². The number of ether oxygens (including phenoxy) is 1. The summed E-state index contributed by atoms with van der Waals surface area (Å²) in [6, 6.07) is 2.64. The molecule has 0 saturated carbocycles. The van der Waals surface area contributed by atoms with Crippen LogP contribution in [-0.2, 0) is 19.9 Å². The highest BCUT2D eigenvalue weighted by molar-refractivity contribution is 5.96. The summed E-state index contributed by atoms with van der Waals surface area (Å²) in [5, 5.41) is 3.79. The predicted octanol–water partition coefficient (Wildman–Crippen LogP) is 1.40. The summed E-state index contributed by atoms with van der Waals surface area (Å²) in [5.74, 6) is -1.39. The molecule has 0 radical (unpaired) electrons. The van der Waals surface area contributed by atoms with Crippen molar-refractivity contribution in [3.05, 3.63) is 23.6 Å². The number of oxazole rings is 1. The van der Waals surface area contributed by atoms with Crippen LogP contribution in [0.3, 0.4) is 0 Å². The third-order valence-corrected chi connectivity index (χ3v) is 3.91. The Hall–Kier alpha value is -3.04. The van der Waals surface area contributed by atoms with Crippen molar-refractivity contribution in [2.24, 2.45) is 10.9 Å². The van der Waals surface area contributed by atoms with Crippen molar-refractivity contribution in [1.82, 2.24) is 4.57 Å². The highest BCUT2D eigenvalue weighted by atomic mass is 19.1. The smallest absolute Gasteiger partial charge is 0.415 e. The number of amides is 2. The molecule has 1 aliphatic rings. The topological polar surface area (TPSA) is 112 Å². The van der Waals surface area contributed by atoms with Gasteiger partial charge in [-0.1, -0.05) is 0 Å². The molecule has 9 nitrogen and oxygen atoms in total. The number of carbonyl (C=O) groups is 2. The van der Waals surface area contributed by atoms with Gasteiger partial charge in [0.25, 0.3) is 5.91 Å². The lowest BCUT2D eigenvalue weighted by molar-refractivity contribution is -0.124. The first kappa shape index (κ1) is 17.8. The lowest BCUT2D eigenvalue weighted by Gasteiger charge is -2.21. The fourth-order valence-electron chi connectivity index (χ4n) is 2.83. The van der Waals surface area contributed by atoms with Crippen LogP contribution in [0.4, 0.5) is 14.9 Å². The minimum Gasteiger partial charge on any atom is -0.434 e. The molecule has 1 fully saturated rings. The Morgan fingerprint density at radius 2 is 2.12 bits per heavy atom. The molecule has 10 heteroatoms. The molecule has 0 unspecified atom stereocenters. The molecule has 0 spiro atoms. The maximum Gasteiger partial charge on any atom is 0.415 e. The number of hydrogen-bond acceptors (Lipinski definition) is 6. The zero-order chi connectivity index (χ0) is 19.2. The van der Waals surface area contributed by atoms with E-state index in [9.17, 15) is 14.0 Å². The lowest BCUT2D eigenvalue weighted by Crippen LogP contribution is -2.32. The second-order valence-electron chi connectivity index (χ2n) is 6.82. The highest BCUT2D eigenvalue weighted by Gasteiger charge is 2.36. The Labute approximate surface area is 147 Å². The van der Waals surface area contributed by atoms with E-state index in [-0.39, 0.29) is 29.0 Å². The van der Waals surface area contributed by atoms with Crippen LogP contribution in [0.5, 0.6) is 0 Å². The number of primary amides is 1. The minimum atomic E-state index is -1.09. The largest absolute Gasteiger partial charge is 0.434 e. The van der Waals surface area contributed by atoms with Gasteiger partial charge in [-0.25, -0.2) is 9.18 Å². The van der Waals surface area contributed by atoms with Crippen LogP contribution in [0.1, 0.15) is 20.8 Å². The molecule has 1 aliphatic heterocycles. The van der Waals surface area contributed by atoms with Gasteiger partial charge in [0, 0.05) is 17.7 Å². The highest BCUT2D eigenvalue weighted by Crippen LogP contribution is 2.30. The molecule has 1 atom stereocenters. The fraction of sp³-hybridized carbons (Fsp3) is 0.438. The molecule has 1 aromatic carbocycles. The molecule has 1 aromatic heterocycles. The van der Waals surface area contributed by atoms with E-state index in [1.165, 1.54) is 19.2 Å². The molecule has 2 N–H and O–H groups in total. The zero-order valence-electron chi connectivity index (χ0n) is 14.8. The monoisotopic (exact) mass is 366 g/mol. The lowest BCUT2D eigenvalue weighted by atomic mass is 10.1. The van der Waals surface area contributed by atoms with Crippen molar-refractivity contribution in [3.8, 4) is 0 Å². The van der Waals surface area contributed by atoms with Crippen LogP contribution in [0.2, 0.25) is 0 Å². The van der Waals surface area contributed by atoms with E-state index in [2.05, 4.69) is 5.16 Å². The summed E-state index contributed by atoms with van der Waals surface area (Å²) in [6.45, 7) is 5.48. The number of aromatic nitrogens is 1. The molecule has 26 heavy (non-hydrogen) atoms. The molecule has 140 valence electrons. The second-order valence-corrected chi connectivity index (χ2v) is 6.82. The quantitative estimate of drug-likeness (QED) is 0.825. The Morgan fingerprint density at radius 1 is 1.42 bits per heavy atom. The summed E-state index contributed by atoms with van der Waals surface area (Å²) in [5.41, 5.74) is 5.21. The summed E-state index contributed by atoms with van der Waals surface area (Å²) in [7, 11) is 1.35. The average molecular weight is 366 g/mol. The number of carbonyl (C=O) groups excluding carboxylic acids is 2. The van der Waals surface area contributed by atoms with Crippen molar-refractivity contribution in [2.45, 2.75) is 32.4 Å². The first-order chi connectivity index (χ1) is 12.1. The van der Waals surface area contributed by atoms with Gasteiger partial charge >= 0.3 is 11.8 Å². The van der Waals surface area contributed by atoms with Crippen LogP contribution < -0.4 is 16.3 Å². The van der Waals surface area contributed by atoms with Gasteiger partial charge in [-0.3, -0.25) is 14.3 Å². The Kier molecular flexibility index (Phi) is 4.13. The normalized spacial score (nSPS) is 18.5. The maximum absolute atomic E-state index is 14.9. The van der Waals surface area contributed by atoms with Gasteiger partial charge in [0.1, 0.15) is 12.6 Å². The van der Waals surface area contributed by atoms with E-state index in [4.69, 9.17) is 19.7 Å². The van der Waals surface area contributed by atoms with Gasteiger partial charge in [0.2, 0.25) is 0 Å². The number of fused-ring (bicyclic) bond motifs is 1. The van der Waals surface area contributed by atoms with E-state index < -0.39 is 29.5 Å². The number of hydrogen-bond donors (Lipinski definition) is 1. The zero-order valence-corrected chi connectivity index (χ0v) is 14.8. The number of cyclic esters (lactones) is 1.